The fraction of sp³-hybridized carbons (Fsp3) is 0.0714. The molecule has 2 amide bonds. The number of pyridine rings is 1. The molecule has 3 rings (SSSR count). The van der Waals surface area contributed by atoms with Gasteiger partial charge in [0.2, 0.25) is 0 Å². The number of carbonyl (C=O) groups excluding carboxylic acids is 2. The molecule has 0 N–H and O–H groups in total. The third-order valence-electron chi connectivity index (χ3n) is 2.99. The van der Waals surface area contributed by atoms with Gasteiger partial charge in [-0.15, -0.1) is 0 Å². The minimum Gasteiger partial charge on any atom is -0.268 e. The lowest BCUT2D eigenvalue weighted by molar-refractivity contribution is 0.0925. The number of benzene rings is 1. The first-order chi connectivity index (χ1) is 9.61. The highest BCUT2D eigenvalue weighted by Crippen LogP contribution is 2.29. The van der Waals surface area contributed by atoms with E-state index in [0.717, 1.165) is 4.90 Å². The molecule has 0 spiro atoms. The van der Waals surface area contributed by atoms with Crippen molar-refractivity contribution in [2.75, 3.05) is 4.90 Å². The number of hydrogen-bond donors (Lipinski definition) is 0. The van der Waals surface area contributed by atoms with Crippen molar-refractivity contribution in [1.82, 2.24) is 4.98 Å². The van der Waals surface area contributed by atoms with Gasteiger partial charge in [-0.1, -0.05) is 39.7 Å². The summed E-state index contributed by atoms with van der Waals surface area (Å²) in [6.45, 7) is 0. The van der Waals surface area contributed by atoms with Crippen molar-refractivity contribution in [3.63, 3.8) is 0 Å². The van der Waals surface area contributed by atoms with E-state index in [1.807, 2.05) is 0 Å². The highest BCUT2D eigenvalue weighted by molar-refractivity contribution is 9.08. The number of fused-ring (bicyclic) bond motifs is 1. The first-order valence-electron chi connectivity index (χ1n) is 5.82. The van der Waals surface area contributed by atoms with E-state index >= 15 is 0 Å². The lowest BCUT2D eigenvalue weighted by Gasteiger charge is -2.13. The molecule has 0 atom stereocenters. The van der Waals surface area contributed by atoms with Crippen molar-refractivity contribution in [3.05, 3.63) is 58.2 Å². The first-order valence-corrected chi connectivity index (χ1v) is 7.32. The van der Waals surface area contributed by atoms with Crippen LogP contribution < -0.4 is 4.90 Å². The van der Waals surface area contributed by atoms with Crippen LogP contribution >= 0.6 is 27.5 Å². The molecule has 1 aliphatic rings. The van der Waals surface area contributed by atoms with E-state index in [4.69, 9.17) is 11.6 Å². The highest BCUT2D eigenvalue weighted by atomic mass is 79.9. The van der Waals surface area contributed by atoms with Gasteiger partial charge in [0.25, 0.3) is 11.8 Å². The largest absolute Gasteiger partial charge is 0.268 e. The maximum Gasteiger partial charge on any atom is 0.267 e. The molecule has 6 heteroatoms. The molecule has 0 fully saturated rings. The van der Waals surface area contributed by atoms with Gasteiger partial charge in [-0.3, -0.25) is 9.59 Å². The highest BCUT2D eigenvalue weighted by Gasteiger charge is 2.37. The summed E-state index contributed by atoms with van der Waals surface area (Å²) in [5.41, 5.74) is 1.43. The molecule has 0 radical (unpaired) electrons. The van der Waals surface area contributed by atoms with Crippen LogP contribution in [0, 0.1) is 0 Å². The predicted octanol–water partition coefficient (Wildman–Crippen LogP) is 3.43. The Morgan fingerprint density at radius 2 is 1.70 bits per heavy atom. The minimum atomic E-state index is -0.374. The zero-order valence-electron chi connectivity index (χ0n) is 10.1. The van der Waals surface area contributed by atoms with Gasteiger partial charge in [0.05, 0.1) is 16.8 Å². The second-order valence-corrected chi connectivity index (χ2v) is 5.26. The number of anilines is 1. The van der Waals surface area contributed by atoms with Crippen LogP contribution in [0.2, 0.25) is 5.02 Å². The summed E-state index contributed by atoms with van der Waals surface area (Å²) in [4.78, 5) is 30.0. The molecule has 100 valence electrons. The van der Waals surface area contributed by atoms with Crippen molar-refractivity contribution < 1.29 is 9.59 Å². The SMILES string of the molecule is O=C1c2ccccc2C(=O)N1c1cc(Cl)cc(CBr)n1. The number of hydrogen-bond acceptors (Lipinski definition) is 3. The minimum absolute atomic E-state index is 0.248. The van der Waals surface area contributed by atoms with Gasteiger partial charge in [0.1, 0.15) is 5.82 Å². The van der Waals surface area contributed by atoms with Crippen LogP contribution in [-0.4, -0.2) is 16.8 Å². The van der Waals surface area contributed by atoms with Crippen LogP contribution in [0.3, 0.4) is 0 Å². The van der Waals surface area contributed by atoms with Crippen molar-refractivity contribution in [1.29, 1.82) is 0 Å². The van der Waals surface area contributed by atoms with Crippen LogP contribution in [0.15, 0.2) is 36.4 Å². The maximum absolute atomic E-state index is 12.3. The Bertz CT molecular complexity index is 698. The lowest BCUT2D eigenvalue weighted by atomic mass is 10.1. The summed E-state index contributed by atoms with van der Waals surface area (Å²) in [6.07, 6.45) is 0. The normalized spacial score (nSPS) is 13.8. The Hall–Kier alpha value is -1.72. The number of nitrogens with zero attached hydrogens (tertiary/aromatic N) is 2. The van der Waals surface area contributed by atoms with Gasteiger partial charge in [0, 0.05) is 16.4 Å². The van der Waals surface area contributed by atoms with Crippen molar-refractivity contribution in [2.24, 2.45) is 0 Å². The Balaban J connectivity index is 2.11. The van der Waals surface area contributed by atoms with Crippen molar-refractivity contribution in [2.45, 2.75) is 5.33 Å². The molecule has 4 nitrogen and oxygen atoms in total. The molecule has 0 saturated heterocycles. The van der Waals surface area contributed by atoms with E-state index in [-0.39, 0.29) is 17.6 Å². The molecule has 2 aromatic rings. The number of halogens is 2. The van der Waals surface area contributed by atoms with E-state index in [1.165, 1.54) is 6.07 Å². The number of imide groups is 1. The number of aromatic nitrogens is 1. The average Bonchev–Trinajstić information content (AvgIpc) is 2.71. The van der Waals surface area contributed by atoms with E-state index in [2.05, 4.69) is 20.9 Å². The summed E-state index contributed by atoms with van der Waals surface area (Å²) >= 11 is 9.29. The average molecular weight is 352 g/mol. The smallest absolute Gasteiger partial charge is 0.267 e. The number of carbonyl (C=O) groups is 2. The second-order valence-electron chi connectivity index (χ2n) is 4.26. The van der Waals surface area contributed by atoms with Gasteiger partial charge >= 0.3 is 0 Å². The van der Waals surface area contributed by atoms with Crippen LogP contribution in [0.4, 0.5) is 5.82 Å². The standard InChI is InChI=1S/C14H8BrClN2O2/c15-7-9-5-8(16)6-12(17-9)18-13(19)10-3-1-2-4-11(10)14(18)20/h1-6H,7H2. The third kappa shape index (κ3) is 2.03. The lowest BCUT2D eigenvalue weighted by Crippen LogP contribution is -2.30. The molecular weight excluding hydrogens is 344 g/mol. The second kappa shape index (κ2) is 5.00. The Labute approximate surface area is 128 Å². The van der Waals surface area contributed by atoms with E-state index in [0.29, 0.717) is 27.2 Å². The monoisotopic (exact) mass is 350 g/mol. The molecule has 2 heterocycles. The van der Waals surface area contributed by atoms with Crippen LogP contribution in [0.25, 0.3) is 0 Å². The van der Waals surface area contributed by atoms with Crippen molar-refractivity contribution in [3.8, 4) is 0 Å². The molecule has 1 aromatic carbocycles. The predicted molar refractivity (Wildman–Crippen MR) is 79.5 cm³/mol. The first kappa shape index (κ1) is 13.3. The molecule has 1 aliphatic heterocycles. The quantitative estimate of drug-likeness (QED) is 0.615. The topological polar surface area (TPSA) is 50.3 Å². The Morgan fingerprint density at radius 3 is 2.25 bits per heavy atom. The fourth-order valence-electron chi connectivity index (χ4n) is 2.12. The molecule has 0 aliphatic carbocycles. The van der Waals surface area contributed by atoms with E-state index in [1.54, 1.807) is 30.3 Å². The summed E-state index contributed by atoms with van der Waals surface area (Å²) in [7, 11) is 0. The number of amides is 2. The Kier molecular flexibility index (Phi) is 3.31. The van der Waals surface area contributed by atoms with Gasteiger partial charge in [-0.05, 0) is 18.2 Å². The zero-order valence-corrected chi connectivity index (χ0v) is 12.5. The summed E-state index contributed by atoms with van der Waals surface area (Å²) in [5, 5.41) is 0.921. The fourth-order valence-corrected chi connectivity index (χ4v) is 2.63. The molecule has 1 aromatic heterocycles. The summed E-state index contributed by atoms with van der Waals surface area (Å²) < 4.78 is 0. The van der Waals surface area contributed by atoms with E-state index in [9.17, 15) is 9.59 Å². The Morgan fingerprint density at radius 1 is 1.10 bits per heavy atom. The summed E-state index contributed by atoms with van der Waals surface area (Å²) in [5.74, 6) is -0.500. The molecule has 0 bridgehead atoms. The van der Waals surface area contributed by atoms with Crippen molar-refractivity contribution >= 4 is 45.2 Å². The van der Waals surface area contributed by atoms with Gasteiger partial charge in [0.15, 0.2) is 0 Å². The van der Waals surface area contributed by atoms with Crippen LogP contribution in [0.1, 0.15) is 26.4 Å². The third-order valence-corrected chi connectivity index (χ3v) is 3.78. The number of rotatable bonds is 2. The molecular formula is C14H8BrClN2O2. The molecule has 0 unspecified atom stereocenters. The maximum atomic E-state index is 12.3. The summed E-state index contributed by atoms with van der Waals surface area (Å²) in [6, 6.07) is 9.90. The molecule has 20 heavy (non-hydrogen) atoms. The molecule has 0 saturated carbocycles. The van der Waals surface area contributed by atoms with E-state index < -0.39 is 0 Å². The van der Waals surface area contributed by atoms with Crippen LogP contribution in [0.5, 0.6) is 0 Å². The van der Waals surface area contributed by atoms with Gasteiger partial charge in [-0.2, -0.15) is 0 Å². The zero-order chi connectivity index (χ0) is 14.3. The van der Waals surface area contributed by atoms with Crippen LogP contribution in [-0.2, 0) is 5.33 Å². The van der Waals surface area contributed by atoms with Gasteiger partial charge < -0.3 is 0 Å². The van der Waals surface area contributed by atoms with Gasteiger partial charge in [-0.25, -0.2) is 9.88 Å². The number of alkyl halides is 1.